The molecule has 1 heterocycles. The molecule has 0 aliphatic carbocycles. The van der Waals surface area contributed by atoms with Crippen molar-refractivity contribution >= 4 is 22.9 Å². The Morgan fingerprint density at radius 1 is 1.19 bits per heavy atom. The Hall–Kier alpha value is -2.01. The number of halogens is 2. The summed E-state index contributed by atoms with van der Waals surface area (Å²) in [5.74, 6) is -0.664. The predicted molar refractivity (Wildman–Crippen MR) is 83.4 cm³/mol. The molecule has 0 fully saturated rings. The molecule has 3 rings (SSSR count). The number of hydrogen-bond donors (Lipinski definition) is 1. The van der Waals surface area contributed by atoms with E-state index in [1.807, 2.05) is 6.07 Å². The third kappa shape index (κ3) is 2.74. The lowest BCUT2D eigenvalue weighted by Crippen LogP contribution is -2.20. The van der Waals surface area contributed by atoms with E-state index in [1.165, 1.54) is 12.1 Å². The summed E-state index contributed by atoms with van der Waals surface area (Å²) in [7, 11) is 0. The van der Waals surface area contributed by atoms with Crippen LogP contribution in [0.25, 0.3) is 0 Å². The number of fused-ring (bicyclic) bond motifs is 1. The Labute approximate surface area is 127 Å². The highest BCUT2D eigenvalue weighted by molar-refractivity contribution is 7.80. The summed E-state index contributed by atoms with van der Waals surface area (Å²) in [6.07, 6.45) is 0.888. The first-order chi connectivity index (χ1) is 10.0. The standard InChI is InChI=1S/C16H14F2N2S/c17-12-3-2-11-5-6-20(15(11)8-12)9-10-1-4-14(18)13(7-10)16(19)21/h1-4,7-8H,5-6,9H2,(H2,19,21). The summed E-state index contributed by atoms with van der Waals surface area (Å²) in [6, 6.07) is 9.57. The first-order valence-electron chi connectivity index (χ1n) is 6.66. The summed E-state index contributed by atoms with van der Waals surface area (Å²) in [5.41, 5.74) is 8.70. The molecule has 2 aromatic rings. The average Bonchev–Trinajstić information content (AvgIpc) is 2.83. The minimum Gasteiger partial charge on any atom is -0.389 e. The fraction of sp³-hybridized carbons (Fsp3) is 0.188. The van der Waals surface area contributed by atoms with Crippen molar-refractivity contribution in [1.82, 2.24) is 0 Å². The van der Waals surface area contributed by atoms with Gasteiger partial charge in [0.1, 0.15) is 16.6 Å². The van der Waals surface area contributed by atoms with Crippen LogP contribution in [-0.4, -0.2) is 11.5 Å². The predicted octanol–water partition coefficient (Wildman–Crippen LogP) is 3.16. The fourth-order valence-corrected chi connectivity index (χ4v) is 2.82. The number of nitrogens with zero attached hydrogens (tertiary/aromatic N) is 1. The summed E-state index contributed by atoms with van der Waals surface area (Å²) in [4.78, 5) is 2.12. The van der Waals surface area contributed by atoms with Crippen LogP contribution < -0.4 is 10.6 Å². The molecule has 0 bridgehead atoms. The Morgan fingerprint density at radius 2 is 2.00 bits per heavy atom. The molecule has 0 saturated heterocycles. The van der Waals surface area contributed by atoms with E-state index in [2.05, 4.69) is 4.90 Å². The largest absolute Gasteiger partial charge is 0.389 e. The molecular formula is C16H14F2N2S. The number of anilines is 1. The lowest BCUT2D eigenvalue weighted by molar-refractivity contribution is 0.624. The number of benzene rings is 2. The highest BCUT2D eigenvalue weighted by Gasteiger charge is 2.20. The zero-order valence-corrected chi connectivity index (χ0v) is 12.1. The van der Waals surface area contributed by atoms with Gasteiger partial charge in [-0.1, -0.05) is 24.4 Å². The van der Waals surface area contributed by atoms with Gasteiger partial charge in [-0.25, -0.2) is 8.78 Å². The quantitative estimate of drug-likeness (QED) is 0.883. The molecular weight excluding hydrogens is 290 g/mol. The average molecular weight is 304 g/mol. The molecule has 0 spiro atoms. The molecule has 5 heteroatoms. The van der Waals surface area contributed by atoms with Crippen LogP contribution in [0, 0.1) is 11.6 Å². The SMILES string of the molecule is NC(=S)c1cc(CN2CCc3ccc(F)cc32)ccc1F. The first kappa shape index (κ1) is 13.9. The molecule has 0 aromatic heterocycles. The van der Waals surface area contributed by atoms with E-state index in [0.717, 1.165) is 29.8 Å². The molecule has 0 unspecified atom stereocenters. The van der Waals surface area contributed by atoms with Crippen LogP contribution in [-0.2, 0) is 13.0 Å². The third-order valence-electron chi connectivity index (χ3n) is 3.71. The second kappa shape index (κ2) is 5.41. The molecule has 108 valence electrons. The summed E-state index contributed by atoms with van der Waals surface area (Å²) in [6.45, 7) is 1.39. The first-order valence-corrected chi connectivity index (χ1v) is 7.07. The third-order valence-corrected chi connectivity index (χ3v) is 3.93. The van der Waals surface area contributed by atoms with Crippen molar-refractivity contribution in [2.75, 3.05) is 11.4 Å². The lowest BCUT2D eigenvalue weighted by Gasteiger charge is -2.20. The summed E-state index contributed by atoms with van der Waals surface area (Å²) < 4.78 is 27.0. The highest BCUT2D eigenvalue weighted by Crippen LogP contribution is 2.30. The van der Waals surface area contributed by atoms with Crippen molar-refractivity contribution in [3.05, 3.63) is 64.7 Å². The Balaban J connectivity index is 1.88. The van der Waals surface area contributed by atoms with E-state index >= 15 is 0 Å². The van der Waals surface area contributed by atoms with Gasteiger partial charge in [0.25, 0.3) is 0 Å². The van der Waals surface area contributed by atoms with Crippen LogP contribution in [0.3, 0.4) is 0 Å². The number of nitrogens with two attached hydrogens (primary N) is 1. The van der Waals surface area contributed by atoms with Crippen LogP contribution in [0.15, 0.2) is 36.4 Å². The number of rotatable bonds is 3. The van der Waals surface area contributed by atoms with E-state index in [0.29, 0.717) is 6.54 Å². The van der Waals surface area contributed by atoms with Crippen molar-refractivity contribution < 1.29 is 8.78 Å². The molecule has 0 atom stereocenters. The van der Waals surface area contributed by atoms with Crippen molar-refractivity contribution in [3.8, 4) is 0 Å². The van der Waals surface area contributed by atoms with Crippen LogP contribution in [0.5, 0.6) is 0 Å². The van der Waals surface area contributed by atoms with Crippen LogP contribution in [0.4, 0.5) is 14.5 Å². The van der Waals surface area contributed by atoms with Crippen LogP contribution in [0.2, 0.25) is 0 Å². The fourth-order valence-electron chi connectivity index (χ4n) is 2.66. The van der Waals surface area contributed by atoms with Crippen LogP contribution >= 0.6 is 12.2 Å². The van der Waals surface area contributed by atoms with Gasteiger partial charge in [-0.05, 0) is 41.8 Å². The van der Waals surface area contributed by atoms with Crippen molar-refractivity contribution in [1.29, 1.82) is 0 Å². The van der Waals surface area contributed by atoms with Gasteiger partial charge in [-0.2, -0.15) is 0 Å². The molecule has 0 saturated carbocycles. The Kier molecular flexibility index (Phi) is 3.59. The smallest absolute Gasteiger partial charge is 0.133 e. The minimum atomic E-state index is -0.417. The normalized spacial score (nSPS) is 13.3. The second-order valence-corrected chi connectivity index (χ2v) is 5.56. The number of thiocarbonyl (C=S) groups is 1. The van der Waals surface area contributed by atoms with Crippen LogP contribution in [0.1, 0.15) is 16.7 Å². The summed E-state index contributed by atoms with van der Waals surface area (Å²) in [5, 5.41) is 0. The molecule has 21 heavy (non-hydrogen) atoms. The van der Waals surface area contributed by atoms with Gasteiger partial charge in [0.05, 0.1) is 0 Å². The van der Waals surface area contributed by atoms with Gasteiger partial charge < -0.3 is 10.6 Å². The maximum atomic E-state index is 13.6. The molecule has 1 aliphatic rings. The monoisotopic (exact) mass is 304 g/mol. The van der Waals surface area contributed by atoms with Gasteiger partial charge in [-0.15, -0.1) is 0 Å². The van der Waals surface area contributed by atoms with Gasteiger partial charge in [0.2, 0.25) is 0 Å². The van der Waals surface area contributed by atoms with E-state index in [-0.39, 0.29) is 16.4 Å². The lowest BCUT2D eigenvalue weighted by atomic mass is 10.1. The van der Waals surface area contributed by atoms with Gasteiger partial charge in [-0.3, -0.25) is 0 Å². The molecule has 1 aliphatic heterocycles. The highest BCUT2D eigenvalue weighted by atomic mass is 32.1. The second-order valence-electron chi connectivity index (χ2n) is 5.12. The molecule has 0 amide bonds. The summed E-state index contributed by atoms with van der Waals surface area (Å²) >= 11 is 4.85. The van der Waals surface area contributed by atoms with Gasteiger partial charge >= 0.3 is 0 Å². The molecule has 0 radical (unpaired) electrons. The van der Waals surface area contributed by atoms with E-state index in [4.69, 9.17) is 18.0 Å². The Morgan fingerprint density at radius 3 is 2.76 bits per heavy atom. The zero-order valence-electron chi connectivity index (χ0n) is 11.3. The van der Waals surface area contributed by atoms with Crippen molar-refractivity contribution in [2.45, 2.75) is 13.0 Å². The van der Waals surface area contributed by atoms with Crippen molar-refractivity contribution in [2.24, 2.45) is 5.73 Å². The zero-order chi connectivity index (χ0) is 15.0. The van der Waals surface area contributed by atoms with E-state index < -0.39 is 5.82 Å². The number of hydrogen-bond acceptors (Lipinski definition) is 2. The maximum Gasteiger partial charge on any atom is 0.133 e. The molecule has 2 nitrogen and oxygen atoms in total. The Bertz CT molecular complexity index is 715. The molecule has 2 aromatic carbocycles. The topological polar surface area (TPSA) is 29.3 Å². The van der Waals surface area contributed by atoms with E-state index in [9.17, 15) is 8.78 Å². The van der Waals surface area contributed by atoms with Gasteiger partial charge in [0, 0.05) is 24.3 Å². The van der Waals surface area contributed by atoms with E-state index in [1.54, 1.807) is 18.2 Å². The maximum absolute atomic E-state index is 13.6. The van der Waals surface area contributed by atoms with Gasteiger partial charge in [0.15, 0.2) is 0 Å². The van der Waals surface area contributed by atoms with Crippen molar-refractivity contribution in [3.63, 3.8) is 0 Å². The minimum absolute atomic E-state index is 0.0437. The molecule has 2 N–H and O–H groups in total.